The van der Waals surface area contributed by atoms with Gasteiger partial charge in [-0.15, -0.1) is 6.58 Å². The lowest BCUT2D eigenvalue weighted by Gasteiger charge is -2.12. The van der Waals surface area contributed by atoms with Gasteiger partial charge in [-0.2, -0.15) is 0 Å². The number of carbonyl (C=O) groups excluding carboxylic acids is 2. The minimum atomic E-state index is -1.24. The number of carboxylic acid groups (broad SMARTS) is 1. The molecular formula is C20H15N2O3S-. The second kappa shape index (κ2) is 7.84. The zero-order chi connectivity index (χ0) is 18.5. The van der Waals surface area contributed by atoms with Gasteiger partial charge in [-0.05, 0) is 41.1 Å². The summed E-state index contributed by atoms with van der Waals surface area (Å²) in [7, 11) is 0. The monoisotopic (exact) mass is 363 g/mol. The van der Waals surface area contributed by atoms with E-state index in [0.29, 0.717) is 22.3 Å². The third-order valence-corrected chi connectivity index (χ3v) is 4.63. The molecule has 1 heterocycles. The van der Waals surface area contributed by atoms with Crippen molar-refractivity contribution in [1.82, 2.24) is 4.90 Å². The van der Waals surface area contributed by atoms with Crippen LogP contribution in [-0.2, 0) is 4.79 Å². The molecule has 1 aliphatic heterocycles. The Labute approximate surface area is 155 Å². The summed E-state index contributed by atoms with van der Waals surface area (Å²) in [5.74, 6) is -1.38. The lowest BCUT2D eigenvalue weighted by Crippen LogP contribution is -2.29. The third-order valence-electron chi connectivity index (χ3n) is 3.62. The molecule has 0 saturated carbocycles. The van der Waals surface area contributed by atoms with Crippen molar-refractivity contribution in [3.05, 3.63) is 83.3 Å². The van der Waals surface area contributed by atoms with Gasteiger partial charge in [0.15, 0.2) is 5.17 Å². The predicted molar refractivity (Wildman–Crippen MR) is 102 cm³/mol. The third kappa shape index (κ3) is 3.92. The van der Waals surface area contributed by atoms with Crippen molar-refractivity contribution < 1.29 is 14.7 Å². The van der Waals surface area contributed by atoms with Gasteiger partial charge >= 0.3 is 0 Å². The van der Waals surface area contributed by atoms with Gasteiger partial charge < -0.3 is 9.90 Å². The number of nitrogens with zero attached hydrogens (tertiary/aromatic N) is 2. The van der Waals surface area contributed by atoms with Crippen LogP contribution in [0.25, 0.3) is 6.08 Å². The number of amides is 1. The van der Waals surface area contributed by atoms with Gasteiger partial charge in [-0.1, -0.05) is 48.5 Å². The Hall–Kier alpha value is -3.12. The van der Waals surface area contributed by atoms with Crippen LogP contribution in [-0.4, -0.2) is 28.5 Å². The quantitative estimate of drug-likeness (QED) is 0.605. The van der Waals surface area contributed by atoms with Gasteiger partial charge in [-0.25, -0.2) is 4.99 Å². The average Bonchev–Trinajstić information content (AvgIpc) is 2.92. The van der Waals surface area contributed by atoms with Crippen LogP contribution in [0.3, 0.4) is 0 Å². The van der Waals surface area contributed by atoms with E-state index >= 15 is 0 Å². The van der Waals surface area contributed by atoms with Crippen LogP contribution in [0.5, 0.6) is 0 Å². The van der Waals surface area contributed by atoms with Crippen LogP contribution in [0.2, 0.25) is 0 Å². The first-order valence-electron chi connectivity index (χ1n) is 7.86. The Morgan fingerprint density at radius 2 is 1.85 bits per heavy atom. The predicted octanol–water partition coefficient (Wildman–Crippen LogP) is 2.84. The van der Waals surface area contributed by atoms with Gasteiger partial charge in [0.1, 0.15) is 0 Å². The molecule has 26 heavy (non-hydrogen) atoms. The van der Waals surface area contributed by atoms with Crippen molar-refractivity contribution in [2.75, 3.05) is 6.54 Å². The Morgan fingerprint density at radius 1 is 1.15 bits per heavy atom. The van der Waals surface area contributed by atoms with Crippen LogP contribution < -0.4 is 5.11 Å². The van der Waals surface area contributed by atoms with Crippen molar-refractivity contribution in [3.8, 4) is 0 Å². The molecule has 0 spiro atoms. The van der Waals surface area contributed by atoms with Crippen LogP contribution in [0.1, 0.15) is 15.9 Å². The summed E-state index contributed by atoms with van der Waals surface area (Å²) in [6.45, 7) is 4.03. The molecule has 0 aromatic heterocycles. The van der Waals surface area contributed by atoms with Crippen LogP contribution in [0.15, 0.2) is 77.1 Å². The van der Waals surface area contributed by atoms with Gasteiger partial charge in [0.05, 0.1) is 16.6 Å². The number of aromatic carboxylic acids is 1. The molecule has 0 unspecified atom stereocenters. The van der Waals surface area contributed by atoms with E-state index in [9.17, 15) is 14.7 Å². The summed E-state index contributed by atoms with van der Waals surface area (Å²) in [6, 6.07) is 15.6. The Morgan fingerprint density at radius 3 is 2.46 bits per heavy atom. The van der Waals surface area contributed by atoms with Gasteiger partial charge in [0, 0.05) is 6.54 Å². The molecular weight excluding hydrogens is 348 g/mol. The fourth-order valence-corrected chi connectivity index (χ4v) is 3.37. The fraction of sp³-hybridized carbons (Fsp3) is 0.0500. The first-order chi connectivity index (χ1) is 12.6. The fourth-order valence-electron chi connectivity index (χ4n) is 2.36. The first kappa shape index (κ1) is 17.7. The number of hydrogen-bond donors (Lipinski definition) is 0. The van der Waals surface area contributed by atoms with E-state index in [1.54, 1.807) is 23.1 Å². The van der Waals surface area contributed by atoms with Crippen molar-refractivity contribution in [3.63, 3.8) is 0 Å². The van der Waals surface area contributed by atoms with Crippen molar-refractivity contribution in [2.24, 2.45) is 4.99 Å². The highest BCUT2D eigenvalue weighted by atomic mass is 32.2. The lowest BCUT2D eigenvalue weighted by molar-refractivity contribution is -0.255. The maximum Gasteiger partial charge on any atom is 0.267 e. The van der Waals surface area contributed by atoms with Gasteiger partial charge in [0.2, 0.25) is 0 Å². The molecule has 3 rings (SSSR count). The SMILES string of the molecule is C=CCN1C(=O)/C(=C/c2ccccc2)SC1=Nc1ccc(C(=O)[O-])cc1. The molecule has 1 saturated heterocycles. The smallest absolute Gasteiger partial charge is 0.267 e. The van der Waals surface area contributed by atoms with E-state index < -0.39 is 5.97 Å². The van der Waals surface area contributed by atoms with E-state index in [-0.39, 0.29) is 11.5 Å². The van der Waals surface area contributed by atoms with Crippen LogP contribution >= 0.6 is 11.8 Å². The molecule has 0 bridgehead atoms. The lowest BCUT2D eigenvalue weighted by atomic mass is 10.2. The molecule has 0 aliphatic carbocycles. The topological polar surface area (TPSA) is 72.8 Å². The molecule has 2 aromatic rings. The highest BCUT2D eigenvalue weighted by Crippen LogP contribution is 2.34. The summed E-state index contributed by atoms with van der Waals surface area (Å²) >= 11 is 1.28. The maximum atomic E-state index is 12.7. The molecule has 2 aromatic carbocycles. The zero-order valence-corrected chi connectivity index (χ0v) is 14.6. The molecule has 0 atom stereocenters. The summed E-state index contributed by atoms with van der Waals surface area (Å²) in [4.78, 5) is 30.1. The second-order valence-corrected chi connectivity index (χ2v) is 6.46. The van der Waals surface area contributed by atoms with E-state index in [1.807, 2.05) is 36.4 Å². The number of benzene rings is 2. The van der Waals surface area contributed by atoms with E-state index in [1.165, 1.54) is 23.9 Å². The number of carbonyl (C=O) groups is 2. The second-order valence-electron chi connectivity index (χ2n) is 5.45. The summed E-state index contributed by atoms with van der Waals surface area (Å²) in [5.41, 5.74) is 1.57. The number of amidine groups is 1. The number of thioether (sulfide) groups is 1. The Balaban J connectivity index is 1.92. The molecule has 0 N–H and O–H groups in total. The molecule has 1 fully saturated rings. The highest BCUT2D eigenvalue weighted by molar-refractivity contribution is 8.18. The number of rotatable bonds is 5. The normalized spacial score (nSPS) is 17.1. The van der Waals surface area contributed by atoms with Crippen molar-refractivity contribution >= 4 is 40.6 Å². The average molecular weight is 363 g/mol. The van der Waals surface area contributed by atoms with E-state index in [2.05, 4.69) is 11.6 Å². The van der Waals surface area contributed by atoms with Crippen molar-refractivity contribution in [1.29, 1.82) is 0 Å². The van der Waals surface area contributed by atoms with Crippen molar-refractivity contribution in [2.45, 2.75) is 0 Å². The number of aliphatic imine (C=N–C) groups is 1. The zero-order valence-electron chi connectivity index (χ0n) is 13.8. The van der Waals surface area contributed by atoms with Gasteiger partial charge in [0.25, 0.3) is 5.91 Å². The van der Waals surface area contributed by atoms with E-state index in [4.69, 9.17) is 0 Å². The molecule has 6 heteroatoms. The number of carboxylic acids is 1. The van der Waals surface area contributed by atoms with Crippen LogP contribution in [0, 0.1) is 0 Å². The summed E-state index contributed by atoms with van der Waals surface area (Å²) in [5, 5.41) is 11.4. The Kier molecular flexibility index (Phi) is 5.34. The number of hydrogen-bond acceptors (Lipinski definition) is 5. The first-order valence-corrected chi connectivity index (χ1v) is 8.67. The highest BCUT2D eigenvalue weighted by Gasteiger charge is 2.32. The van der Waals surface area contributed by atoms with E-state index in [0.717, 1.165) is 5.56 Å². The van der Waals surface area contributed by atoms with Gasteiger partial charge in [-0.3, -0.25) is 9.69 Å². The molecule has 1 aliphatic rings. The minimum Gasteiger partial charge on any atom is -0.545 e. The van der Waals surface area contributed by atoms with Crippen LogP contribution in [0.4, 0.5) is 5.69 Å². The molecule has 130 valence electrons. The summed E-state index contributed by atoms with van der Waals surface area (Å²) < 4.78 is 0. The molecule has 1 amide bonds. The standard InChI is InChI=1S/C20H16N2O3S/c1-2-12-22-18(23)17(13-14-6-4-3-5-7-14)26-20(22)21-16-10-8-15(9-11-16)19(24)25/h2-11,13H,1,12H2,(H,24,25)/p-1/b17-13-,21-20?. The minimum absolute atomic E-state index is 0.0803. The molecule has 5 nitrogen and oxygen atoms in total. The largest absolute Gasteiger partial charge is 0.545 e. The maximum absolute atomic E-state index is 12.7. The summed E-state index contributed by atoms with van der Waals surface area (Å²) in [6.07, 6.45) is 3.46. The Bertz CT molecular complexity index is 902. The molecule has 0 radical (unpaired) electrons.